The zero-order valence-corrected chi connectivity index (χ0v) is 18.0. The molecule has 0 aliphatic carbocycles. The van der Waals surface area contributed by atoms with E-state index in [2.05, 4.69) is 10.3 Å². The van der Waals surface area contributed by atoms with Gasteiger partial charge in [0.1, 0.15) is 23.6 Å². The second-order valence-electron chi connectivity index (χ2n) is 7.63. The summed E-state index contributed by atoms with van der Waals surface area (Å²) in [6, 6.07) is 20.5. The van der Waals surface area contributed by atoms with E-state index in [4.69, 9.17) is 9.15 Å². The molecule has 0 spiro atoms. The molecule has 168 valence electrons. The molecule has 5 aromatic rings. The molecule has 34 heavy (non-hydrogen) atoms. The number of carbonyl (C=O) groups is 1. The lowest BCUT2D eigenvalue weighted by Gasteiger charge is -2.03. The molecule has 0 saturated heterocycles. The van der Waals surface area contributed by atoms with Gasteiger partial charge in [0, 0.05) is 34.7 Å². The first-order valence-corrected chi connectivity index (χ1v) is 10.4. The summed E-state index contributed by atoms with van der Waals surface area (Å²) in [5.74, 6) is 0.678. The minimum Gasteiger partial charge on any atom is -0.487 e. The highest BCUT2D eigenvalue weighted by molar-refractivity contribution is 6.10. The number of ether oxygens (including phenoxy) is 1. The standard InChI is InChI=1S/C25H18N4O5/c1-16-22-11-10-21(13-23(22)34-25(16)24(30)17-6-3-2-4-7-17)33-15-18-14-28(27-26-18)19-8-5-9-20(12-19)29(31)32/h2-14H,15H2,1H3. The van der Waals surface area contributed by atoms with Gasteiger partial charge in [0.25, 0.3) is 5.69 Å². The highest BCUT2D eigenvalue weighted by Gasteiger charge is 2.19. The van der Waals surface area contributed by atoms with Crippen molar-refractivity contribution >= 4 is 22.4 Å². The number of rotatable bonds is 7. The van der Waals surface area contributed by atoms with Gasteiger partial charge < -0.3 is 9.15 Å². The highest BCUT2D eigenvalue weighted by Crippen LogP contribution is 2.30. The van der Waals surface area contributed by atoms with Crippen LogP contribution < -0.4 is 4.74 Å². The van der Waals surface area contributed by atoms with Crippen LogP contribution in [0.2, 0.25) is 0 Å². The first kappa shape index (κ1) is 21.1. The van der Waals surface area contributed by atoms with Crippen molar-refractivity contribution in [2.45, 2.75) is 13.5 Å². The number of benzene rings is 3. The molecule has 2 heterocycles. The van der Waals surface area contributed by atoms with E-state index in [0.29, 0.717) is 34.0 Å². The van der Waals surface area contributed by atoms with E-state index in [1.165, 1.54) is 16.8 Å². The topological polar surface area (TPSA) is 113 Å². The van der Waals surface area contributed by atoms with Gasteiger partial charge in [-0.3, -0.25) is 14.9 Å². The van der Waals surface area contributed by atoms with Crippen LogP contribution in [0, 0.1) is 17.0 Å². The summed E-state index contributed by atoms with van der Waals surface area (Å²) in [5.41, 5.74) is 2.92. The minimum absolute atomic E-state index is 0.0297. The van der Waals surface area contributed by atoms with Crippen LogP contribution in [0.5, 0.6) is 5.75 Å². The molecular weight excluding hydrogens is 436 g/mol. The third-order valence-electron chi connectivity index (χ3n) is 5.38. The number of aromatic nitrogens is 3. The van der Waals surface area contributed by atoms with Crippen LogP contribution in [0.25, 0.3) is 16.7 Å². The van der Waals surface area contributed by atoms with Gasteiger partial charge in [-0.2, -0.15) is 0 Å². The first-order chi connectivity index (χ1) is 16.5. The number of fused-ring (bicyclic) bond motifs is 1. The van der Waals surface area contributed by atoms with Crippen molar-refractivity contribution in [3.63, 3.8) is 0 Å². The van der Waals surface area contributed by atoms with E-state index in [1.807, 2.05) is 31.2 Å². The van der Waals surface area contributed by atoms with Crippen molar-refractivity contribution in [2.75, 3.05) is 0 Å². The van der Waals surface area contributed by atoms with Crippen LogP contribution in [0.15, 0.2) is 83.4 Å². The SMILES string of the molecule is Cc1c(C(=O)c2ccccc2)oc2cc(OCc3cn(-c4cccc([N+](=O)[O-])c4)nn3)ccc12. The van der Waals surface area contributed by atoms with Gasteiger partial charge >= 0.3 is 0 Å². The average molecular weight is 454 g/mol. The van der Waals surface area contributed by atoms with E-state index in [1.54, 1.807) is 42.6 Å². The molecule has 9 heteroatoms. The lowest BCUT2D eigenvalue weighted by Crippen LogP contribution is -2.00. The Morgan fingerprint density at radius 3 is 2.71 bits per heavy atom. The number of ketones is 1. The summed E-state index contributed by atoms with van der Waals surface area (Å²) in [6.07, 6.45) is 1.64. The van der Waals surface area contributed by atoms with Crippen LogP contribution >= 0.6 is 0 Å². The van der Waals surface area contributed by atoms with Gasteiger partial charge in [-0.25, -0.2) is 4.68 Å². The predicted octanol–water partition coefficient (Wildman–Crippen LogP) is 5.04. The molecule has 5 rings (SSSR count). The third kappa shape index (κ3) is 4.02. The number of aryl methyl sites for hydroxylation is 1. The molecule has 0 N–H and O–H groups in total. The van der Waals surface area contributed by atoms with Gasteiger partial charge in [-0.05, 0) is 25.1 Å². The molecule has 0 saturated carbocycles. The maximum atomic E-state index is 12.8. The number of carbonyl (C=O) groups excluding carboxylic acids is 1. The summed E-state index contributed by atoms with van der Waals surface area (Å²) in [6.45, 7) is 1.99. The number of hydrogen-bond donors (Lipinski definition) is 0. The largest absolute Gasteiger partial charge is 0.487 e. The van der Waals surface area contributed by atoms with Crippen LogP contribution in [-0.4, -0.2) is 25.7 Å². The molecule has 0 amide bonds. The van der Waals surface area contributed by atoms with Gasteiger partial charge in [0.15, 0.2) is 5.76 Å². The predicted molar refractivity (Wildman–Crippen MR) is 123 cm³/mol. The molecule has 0 bridgehead atoms. The molecule has 0 fully saturated rings. The molecule has 9 nitrogen and oxygen atoms in total. The fourth-order valence-corrected chi connectivity index (χ4v) is 3.63. The number of furan rings is 1. The van der Waals surface area contributed by atoms with Crippen LogP contribution in [0.3, 0.4) is 0 Å². The Balaban J connectivity index is 1.33. The zero-order valence-electron chi connectivity index (χ0n) is 18.0. The Labute approximate surface area is 193 Å². The Morgan fingerprint density at radius 2 is 1.91 bits per heavy atom. The van der Waals surface area contributed by atoms with Crippen molar-refractivity contribution in [2.24, 2.45) is 0 Å². The van der Waals surface area contributed by atoms with E-state index in [9.17, 15) is 14.9 Å². The van der Waals surface area contributed by atoms with E-state index < -0.39 is 4.92 Å². The first-order valence-electron chi connectivity index (χ1n) is 10.4. The maximum Gasteiger partial charge on any atom is 0.271 e. The molecule has 0 unspecified atom stereocenters. The smallest absolute Gasteiger partial charge is 0.271 e. The third-order valence-corrected chi connectivity index (χ3v) is 5.38. The van der Waals surface area contributed by atoms with Crippen molar-refractivity contribution < 1.29 is 18.9 Å². The fraction of sp³-hybridized carbons (Fsp3) is 0.0800. The Kier molecular flexibility index (Phi) is 5.35. The number of non-ortho nitro benzene ring substituents is 1. The molecule has 0 radical (unpaired) electrons. The van der Waals surface area contributed by atoms with Crippen molar-refractivity contribution in [1.82, 2.24) is 15.0 Å². The Hall–Kier alpha value is -4.79. The van der Waals surface area contributed by atoms with Gasteiger partial charge in [0.05, 0.1) is 16.8 Å². The van der Waals surface area contributed by atoms with E-state index in [0.717, 1.165) is 10.9 Å². The molecule has 0 atom stereocenters. The second kappa shape index (κ2) is 8.62. The summed E-state index contributed by atoms with van der Waals surface area (Å²) >= 11 is 0. The molecule has 0 aliphatic heterocycles. The van der Waals surface area contributed by atoms with Gasteiger partial charge in [0.2, 0.25) is 5.78 Å². The van der Waals surface area contributed by atoms with Crippen molar-refractivity contribution in [3.05, 3.63) is 112 Å². The monoisotopic (exact) mass is 454 g/mol. The Morgan fingerprint density at radius 1 is 1.09 bits per heavy atom. The second-order valence-corrected chi connectivity index (χ2v) is 7.63. The number of nitro benzene ring substituents is 1. The van der Waals surface area contributed by atoms with E-state index in [-0.39, 0.29) is 18.1 Å². The van der Waals surface area contributed by atoms with Crippen LogP contribution in [-0.2, 0) is 6.61 Å². The molecule has 0 aliphatic rings. The zero-order chi connectivity index (χ0) is 23.7. The average Bonchev–Trinajstić information content (AvgIpc) is 3.47. The van der Waals surface area contributed by atoms with Crippen LogP contribution in [0.1, 0.15) is 27.4 Å². The minimum atomic E-state index is -0.463. The number of nitro groups is 1. The summed E-state index contributed by atoms with van der Waals surface area (Å²) < 4.78 is 13.2. The van der Waals surface area contributed by atoms with Gasteiger partial charge in [-0.15, -0.1) is 5.10 Å². The van der Waals surface area contributed by atoms with Crippen LogP contribution in [0.4, 0.5) is 5.69 Å². The Bertz CT molecular complexity index is 1520. The van der Waals surface area contributed by atoms with E-state index >= 15 is 0 Å². The maximum absolute atomic E-state index is 12.8. The van der Waals surface area contributed by atoms with Crippen molar-refractivity contribution in [3.8, 4) is 11.4 Å². The van der Waals surface area contributed by atoms with Gasteiger partial charge in [-0.1, -0.05) is 41.6 Å². The number of hydrogen-bond acceptors (Lipinski definition) is 7. The molecule has 3 aromatic carbocycles. The number of nitrogens with zero attached hydrogens (tertiary/aromatic N) is 4. The fourth-order valence-electron chi connectivity index (χ4n) is 3.63. The summed E-state index contributed by atoms with van der Waals surface area (Å²) in [5, 5.41) is 19.9. The summed E-state index contributed by atoms with van der Waals surface area (Å²) in [4.78, 5) is 23.4. The highest BCUT2D eigenvalue weighted by atomic mass is 16.6. The lowest BCUT2D eigenvalue weighted by molar-refractivity contribution is -0.384. The normalized spacial score (nSPS) is 11.0. The quantitative estimate of drug-likeness (QED) is 0.192. The van der Waals surface area contributed by atoms with Crippen molar-refractivity contribution in [1.29, 1.82) is 0 Å². The lowest BCUT2D eigenvalue weighted by atomic mass is 10.0. The summed E-state index contributed by atoms with van der Waals surface area (Å²) in [7, 11) is 0. The molecular formula is C25H18N4O5. The molecule has 2 aromatic heterocycles.